The van der Waals surface area contributed by atoms with Crippen molar-refractivity contribution in [3.63, 3.8) is 0 Å². The molecule has 106 valence electrons. The quantitative estimate of drug-likeness (QED) is 0.806. The lowest BCUT2D eigenvalue weighted by Crippen LogP contribution is -2.42. The molecule has 1 aromatic carbocycles. The van der Waals surface area contributed by atoms with Crippen LogP contribution in [-0.4, -0.2) is 23.8 Å². The Bertz CT molecular complexity index is 396. The van der Waals surface area contributed by atoms with Crippen molar-refractivity contribution in [1.29, 1.82) is 0 Å². The van der Waals surface area contributed by atoms with E-state index in [9.17, 15) is 13.9 Å². The molecule has 1 saturated carbocycles. The lowest BCUT2D eigenvalue weighted by molar-refractivity contribution is 0.00517. The number of aliphatic hydroxyl groups is 1. The lowest BCUT2D eigenvalue weighted by Gasteiger charge is -2.32. The monoisotopic (exact) mass is 269 g/mol. The largest absolute Gasteiger partial charge is 0.389 e. The fraction of sp³-hybridized carbons (Fsp3) is 0.600. The van der Waals surface area contributed by atoms with Crippen LogP contribution in [0.3, 0.4) is 0 Å². The van der Waals surface area contributed by atoms with Gasteiger partial charge in [0.2, 0.25) is 0 Å². The molecule has 19 heavy (non-hydrogen) atoms. The van der Waals surface area contributed by atoms with Gasteiger partial charge in [0.05, 0.1) is 5.60 Å². The normalized spacial score (nSPS) is 18.5. The van der Waals surface area contributed by atoms with Gasteiger partial charge >= 0.3 is 0 Å². The van der Waals surface area contributed by atoms with Crippen LogP contribution in [0.15, 0.2) is 18.2 Å². The van der Waals surface area contributed by atoms with E-state index in [0.717, 1.165) is 31.7 Å². The Labute approximate surface area is 112 Å². The summed E-state index contributed by atoms with van der Waals surface area (Å²) in [5, 5.41) is 13.5. The van der Waals surface area contributed by atoms with Gasteiger partial charge in [-0.3, -0.25) is 0 Å². The minimum atomic E-state index is -0.592. The highest BCUT2D eigenvalue weighted by molar-refractivity contribution is 5.18. The van der Waals surface area contributed by atoms with Crippen LogP contribution in [0, 0.1) is 11.6 Å². The zero-order valence-electron chi connectivity index (χ0n) is 11.1. The molecule has 2 nitrogen and oxygen atoms in total. The highest BCUT2D eigenvalue weighted by atomic mass is 19.1. The van der Waals surface area contributed by atoms with E-state index in [2.05, 4.69) is 5.32 Å². The molecule has 2 N–H and O–H groups in total. The number of nitrogens with one attached hydrogen (secondary N) is 1. The minimum Gasteiger partial charge on any atom is -0.389 e. The van der Waals surface area contributed by atoms with E-state index in [4.69, 9.17) is 0 Å². The van der Waals surface area contributed by atoms with Crippen molar-refractivity contribution in [1.82, 2.24) is 5.32 Å². The van der Waals surface area contributed by atoms with Crippen LogP contribution in [-0.2, 0) is 6.42 Å². The van der Waals surface area contributed by atoms with Crippen LogP contribution in [0.5, 0.6) is 0 Å². The van der Waals surface area contributed by atoms with Crippen molar-refractivity contribution in [3.05, 3.63) is 35.4 Å². The summed E-state index contributed by atoms with van der Waals surface area (Å²) in [4.78, 5) is 0. The molecular weight excluding hydrogens is 248 g/mol. The van der Waals surface area contributed by atoms with Gasteiger partial charge in [-0.05, 0) is 43.5 Å². The van der Waals surface area contributed by atoms with Gasteiger partial charge in [-0.15, -0.1) is 0 Å². The fourth-order valence-electron chi connectivity index (χ4n) is 2.70. The van der Waals surface area contributed by atoms with Crippen LogP contribution in [0.2, 0.25) is 0 Å². The molecule has 0 aromatic heterocycles. The third-order valence-corrected chi connectivity index (χ3v) is 3.75. The summed E-state index contributed by atoms with van der Waals surface area (Å²) in [5.74, 6) is -1.08. The number of hydrogen-bond donors (Lipinski definition) is 2. The Morgan fingerprint density at radius 2 is 1.68 bits per heavy atom. The van der Waals surface area contributed by atoms with Crippen LogP contribution in [0.4, 0.5) is 8.78 Å². The summed E-state index contributed by atoms with van der Waals surface area (Å²) < 4.78 is 26.0. The average molecular weight is 269 g/mol. The van der Waals surface area contributed by atoms with E-state index in [1.807, 2.05) is 0 Å². The number of hydrogen-bond acceptors (Lipinski definition) is 2. The molecule has 1 aliphatic rings. The molecule has 0 atom stereocenters. The first kappa shape index (κ1) is 14.4. The van der Waals surface area contributed by atoms with Gasteiger partial charge in [0, 0.05) is 12.6 Å². The second-order valence-corrected chi connectivity index (χ2v) is 5.49. The Hall–Kier alpha value is -1.00. The van der Waals surface area contributed by atoms with Crippen molar-refractivity contribution >= 4 is 0 Å². The molecule has 1 aliphatic carbocycles. The first-order chi connectivity index (χ1) is 9.07. The summed E-state index contributed by atoms with van der Waals surface area (Å²) in [6.45, 7) is 1.18. The number of benzene rings is 1. The zero-order valence-corrected chi connectivity index (χ0v) is 11.1. The number of rotatable bonds is 5. The summed E-state index contributed by atoms with van der Waals surface area (Å²) in [6.07, 6.45) is 5.60. The smallest absolute Gasteiger partial charge is 0.126 e. The molecule has 0 unspecified atom stereocenters. The van der Waals surface area contributed by atoms with Crippen molar-refractivity contribution < 1.29 is 13.9 Å². The first-order valence-corrected chi connectivity index (χ1v) is 6.95. The highest BCUT2D eigenvalue weighted by Gasteiger charge is 2.28. The molecule has 0 saturated heterocycles. The van der Waals surface area contributed by atoms with E-state index in [1.165, 1.54) is 18.6 Å². The summed E-state index contributed by atoms with van der Waals surface area (Å²) in [7, 11) is 0. The molecule has 0 heterocycles. The maximum Gasteiger partial charge on any atom is 0.126 e. The van der Waals surface area contributed by atoms with Gasteiger partial charge in [-0.2, -0.15) is 0 Å². The molecule has 0 aliphatic heterocycles. The third kappa shape index (κ3) is 4.55. The Morgan fingerprint density at radius 1 is 1.05 bits per heavy atom. The van der Waals surface area contributed by atoms with Gasteiger partial charge in [-0.1, -0.05) is 19.3 Å². The molecule has 4 heteroatoms. The van der Waals surface area contributed by atoms with Gasteiger partial charge < -0.3 is 10.4 Å². The maximum absolute atomic E-state index is 13.0. The third-order valence-electron chi connectivity index (χ3n) is 3.75. The van der Waals surface area contributed by atoms with Crippen molar-refractivity contribution in [2.75, 3.05) is 13.1 Å². The summed E-state index contributed by atoms with van der Waals surface area (Å²) in [5.41, 5.74) is 0.0476. The summed E-state index contributed by atoms with van der Waals surface area (Å²) in [6, 6.07) is 3.57. The number of halogens is 2. The van der Waals surface area contributed by atoms with Gasteiger partial charge in [0.25, 0.3) is 0 Å². The predicted octanol–water partition coefficient (Wildman–Crippen LogP) is 2.79. The van der Waals surface area contributed by atoms with Crippen LogP contribution >= 0.6 is 0 Å². The molecule has 1 fully saturated rings. The van der Waals surface area contributed by atoms with Gasteiger partial charge in [0.1, 0.15) is 11.6 Å². The first-order valence-electron chi connectivity index (χ1n) is 6.95. The van der Waals surface area contributed by atoms with Crippen LogP contribution in [0.25, 0.3) is 0 Å². The molecular formula is C15H21F2NO. The van der Waals surface area contributed by atoms with Crippen molar-refractivity contribution in [3.8, 4) is 0 Å². The molecule has 2 rings (SSSR count). The zero-order chi connectivity index (χ0) is 13.7. The Morgan fingerprint density at radius 3 is 2.32 bits per heavy atom. The van der Waals surface area contributed by atoms with Gasteiger partial charge in [0.15, 0.2) is 0 Å². The standard InChI is InChI=1S/C15H21F2NO/c16-13-8-12(9-14(17)10-13)4-7-18-11-15(19)5-2-1-3-6-15/h8-10,18-19H,1-7,11H2. The SMILES string of the molecule is OC1(CNCCc2cc(F)cc(F)c2)CCCCC1. The molecule has 1 aromatic rings. The van der Waals surface area contributed by atoms with E-state index in [0.29, 0.717) is 25.1 Å². The van der Waals surface area contributed by atoms with Crippen LogP contribution in [0.1, 0.15) is 37.7 Å². The lowest BCUT2D eigenvalue weighted by atomic mass is 9.85. The molecule has 0 radical (unpaired) electrons. The van der Waals surface area contributed by atoms with Crippen LogP contribution < -0.4 is 5.32 Å². The summed E-state index contributed by atoms with van der Waals surface area (Å²) >= 11 is 0. The topological polar surface area (TPSA) is 32.3 Å². The van der Waals surface area contributed by atoms with E-state index >= 15 is 0 Å². The van der Waals surface area contributed by atoms with E-state index < -0.39 is 17.2 Å². The molecule has 0 amide bonds. The average Bonchev–Trinajstić information content (AvgIpc) is 2.34. The van der Waals surface area contributed by atoms with Gasteiger partial charge in [-0.25, -0.2) is 8.78 Å². The second kappa shape index (κ2) is 6.44. The molecule has 0 bridgehead atoms. The second-order valence-electron chi connectivity index (χ2n) is 5.49. The van der Waals surface area contributed by atoms with Crippen molar-refractivity contribution in [2.24, 2.45) is 0 Å². The molecule has 0 spiro atoms. The fourth-order valence-corrected chi connectivity index (χ4v) is 2.70. The predicted molar refractivity (Wildman–Crippen MR) is 71.0 cm³/mol. The minimum absolute atomic E-state index is 0.541. The highest BCUT2D eigenvalue weighted by Crippen LogP contribution is 2.27. The Balaban J connectivity index is 1.74. The van der Waals surface area contributed by atoms with E-state index in [-0.39, 0.29) is 0 Å². The Kier molecular flexibility index (Phi) is 4.88. The maximum atomic E-state index is 13.0. The van der Waals surface area contributed by atoms with Crippen molar-refractivity contribution in [2.45, 2.75) is 44.1 Å². The van der Waals surface area contributed by atoms with E-state index in [1.54, 1.807) is 0 Å².